The lowest BCUT2D eigenvalue weighted by Gasteiger charge is -2.13. The van der Waals surface area contributed by atoms with Crippen LogP contribution in [0.5, 0.6) is 23.0 Å². The third-order valence-electron chi connectivity index (χ3n) is 5.47. The van der Waals surface area contributed by atoms with Crippen molar-refractivity contribution in [3.8, 4) is 23.0 Å². The third kappa shape index (κ3) is 3.98. The Hall–Kier alpha value is -3.95. The molecule has 0 radical (unpaired) electrons. The Kier molecular flexibility index (Phi) is 5.18. The summed E-state index contributed by atoms with van der Waals surface area (Å²) in [7, 11) is 0. The number of benzene rings is 2. The van der Waals surface area contributed by atoms with Crippen LogP contribution in [0.1, 0.15) is 24.0 Å². The second-order valence-corrected chi connectivity index (χ2v) is 7.62. The Labute approximate surface area is 183 Å². The van der Waals surface area contributed by atoms with Crippen LogP contribution in [0.25, 0.3) is 0 Å². The van der Waals surface area contributed by atoms with Crippen LogP contribution in [0, 0.1) is 0 Å². The number of nitrogens with one attached hydrogen (secondary N) is 2. The van der Waals surface area contributed by atoms with Crippen LogP contribution < -0.4 is 29.6 Å². The lowest BCUT2D eigenvalue weighted by molar-refractivity contribution is -0.128. The molecule has 1 fully saturated rings. The van der Waals surface area contributed by atoms with Crippen LogP contribution in [-0.4, -0.2) is 42.4 Å². The monoisotopic (exact) mass is 439 g/mol. The number of carbonyl (C=O) groups excluding carboxylic acids is 3. The van der Waals surface area contributed by atoms with Crippen molar-refractivity contribution in [2.24, 2.45) is 0 Å². The van der Waals surface area contributed by atoms with Gasteiger partial charge in [0.15, 0.2) is 23.0 Å². The highest BCUT2D eigenvalue weighted by Crippen LogP contribution is 2.33. The SMILES string of the molecule is O=C(CCC1NC(=O)N(Cc2ccc3c(c2)OCO3)C1=O)NCc1ccc2c(c1)OCO2. The van der Waals surface area contributed by atoms with Gasteiger partial charge in [-0.05, 0) is 41.8 Å². The van der Waals surface area contributed by atoms with Crippen molar-refractivity contribution in [3.05, 3.63) is 47.5 Å². The van der Waals surface area contributed by atoms with Gasteiger partial charge in [-0.3, -0.25) is 14.5 Å². The van der Waals surface area contributed by atoms with Crippen molar-refractivity contribution >= 4 is 17.8 Å². The number of imide groups is 1. The molecule has 2 N–H and O–H groups in total. The summed E-state index contributed by atoms with van der Waals surface area (Å²) >= 11 is 0. The van der Waals surface area contributed by atoms with Crippen molar-refractivity contribution in [2.45, 2.75) is 32.0 Å². The van der Waals surface area contributed by atoms with E-state index < -0.39 is 12.1 Å². The van der Waals surface area contributed by atoms with E-state index in [1.807, 2.05) is 12.1 Å². The summed E-state index contributed by atoms with van der Waals surface area (Å²) in [6.07, 6.45) is 0.328. The minimum absolute atomic E-state index is 0.110. The quantitative estimate of drug-likeness (QED) is 0.631. The summed E-state index contributed by atoms with van der Waals surface area (Å²) in [5.41, 5.74) is 1.63. The smallest absolute Gasteiger partial charge is 0.325 e. The number of rotatable bonds is 7. The standard InChI is InChI=1S/C22H21N3O7/c26-20(23-9-13-1-4-16-18(7-13)31-11-29-16)6-3-15-21(27)25(22(28)24-15)10-14-2-5-17-19(8-14)32-12-30-17/h1-2,4-5,7-8,15H,3,6,9-12H2,(H,23,26)(H,24,28). The highest BCUT2D eigenvalue weighted by molar-refractivity contribution is 6.04. The minimum atomic E-state index is -0.729. The first-order valence-corrected chi connectivity index (χ1v) is 10.2. The first-order chi connectivity index (χ1) is 15.6. The first kappa shape index (κ1) is 20.0. The Balaban J connectivity index is 1.11. The predicted octanol–water partition coefficient (Wildman–Crippen LogP) is 1.66. The molecular weight excluding hydrogens is 418 g/mol. The Morgan fingerprint density at radius 2 is 1.56 bits per heavy atom. The Morgan fingerprint density at radius 3 is 2.28 bits per heavy atom. The fraction of sp³-hybridized carbons (Fsp3) is 0.318. The normalized spacial score (nSPS) is 18.1. The van der Waals surface area contributed by atoms with Gasteiger partial charge in [0.2, 0.25) is 19.5 Å². The van der Waals surface area contributed by atoms with Crippen LogP contribution in [-0.2, 0) is 22.7 Å². The summed E-state index contributed by atoms with van der Waals surface area (Å²) < 4.78 is 21.2. The summed E-state index contributed by atoms with van der Waals surface area (Å²) in [5, 5.41) is 5.47. The molecule has 0 spiro atoms. The lowest BCUT2D eigenvalue weighted by atomic mass is 10.1. The van der Waals surface area contributed by atoms with Gasteiger partial charge < -0.3 is 29.6 Å². The van der Waals surface area contributed by atoms with Crippen molar-refractivity contribution in [2.75, 3.05) is 13.6 Å². The van der Waals surface area contributed by atoms with Gasteiger partial charge in [-0.1, -0.05) is 12.1 Å². The molecule has 1 saturated heterocycles. The molecule has 5 rings (SSSR count). The molecule has 0 aliphatic carbocycles. The molecule has 3 aliphatic heterocycles. The van der Waals surface area contributed by atoms with Crippen molar-refractivity contribution in [1.29, 1.82) is 0 Å². The molecule has 1 atom stereocenters. The predicted molar refractivity (Wildman–Crippen MR) is 109 cm³/mol. The van der Waals surface area contributed by atoms with Crippen LogP contribution in [0.3, 0.4) is 0 Å². The fourth-order valence-corrected chi connectivity index (χ4v) is 3.76. The Morgan fingerprint density at radius 1 is 0.938 bits per heavy atom. The van der Waals surface area contributed by atoms with Crippen LogP contribution in [0.4, 0.5) is 4.79 Å². The van der Waals surface area contributed by atoms with E-state index in [9.17, 15) is 14.4 Å². The van der Waals surface area contributed by atoms with Gasteiger partial charge in [0.25, 0.3) is 5.91 Å². The van der Waals surface area contributed by atoms with E-state index in [0.29, 0.717) is 29.5 Å². The summed E-state index contributed by atoms with van der Waals surface area (Å²) in [4.78, 5) is 38.4. The molecule has 32 heavy (non-hydrogen) atoms. The van der Waals surface area contributed by atoms with Gasteiger partial charge in [0.05, 0.1) is 6.54 Å². The number of fused-ring (bicyclic) bond motifs is 2. The van der Waals surface area contributed by atoms with E-state index in [2.05, 4.69) is 10.6 Å². The molecule has 3 aliphatic rings. The zero-order chi connectivity index (χ0) is 22.1. The second-order valence-electron chi connectivity index (χ2n) is 7.62. The van der Waals surface area contributed by atoms with E-state index in [1.54, 1.807) is 24.3 Å². The van der Waals surface area contributed by atoms with Crippen LogP contribution >= 0.6 is 0 Å². The number of carbonyl (C=O) groups is 3. The molecule has 1 unspecified atom stereocenters. The number of urea groups is 1. The summed E-state index contributed by atoms with van der Waals surface area (Å²) in [5.74, 6) is 2.00. The van der Waals surface area contributed by atoms with Crippen molar-refractivity contribution in [1.82, 2.24) is 15.5 Å². The van der Waals surface area contributed by atoms with Crippen LogP contribution in [0.15, 0.2) is 36.4 Å². The van der Waals surface area contributed by atoms with Crippen molar-refractivity contribution < 1.29 is 33.3 Å². The molecule has 3 heterocycles. The molecule has 166 valence electrons. The fourth-order valence-electron chi connectivity index (χ4n) is 3.76. The zero-order valence-corrected chi connectivity index (χ0v) is 17.1. The molecule has 0 saturated carbocycles. The minimum Gasteiger partial charge on any atom is -0.454 e. The average molecular weight is 439 g/mol. The zero-order valence-electron chi connectivity index (χ0n) is 17.1. The largest absolute Gasteiger partial charge is 0.454 e. The van der Waals surface area contributed by atoms with Crippen LogP contribution in [0.2, 0.25) is 0 Å². The molecule has 2 aromatic carbocycles. The molecule has 2 aromatic rings. The van der Waals surface area contributed by atoms with Gasteiger partial charge in [0, 0.05) is 13.0 Å². The number of ether oxygens (including phenoxy) is 4. The maximum absolute atomic E-state index is 12.7. The first-order valence-electron chi connectivity index (χ1n) is 10.2. The van der Waals surface area contributed by atoms with E-state index in [1.165, 1.54) is 0 Å². The summed E-state index contributed by atoms with van der Waals surface area (Å²) in [6.45, 7) is 0.795. The van der Waals surface area contributed by atoms with E-state index in [4.69, 9.17) is 18.9 Å². The highest BCUT2D eigenvalue weighted by atomic mass is 16.7. The van der Waals surface area contributed by atoms with Gasteiger partial charge >= 0.3 is 6.03 Å². The molecule has 10 nitrogen and oxygen atoms in total. The molecular formula is C22H21N3O7. The highest BCUT2D eigenvalue weighted by Gasteiger charge is 2.38. The topological polar surface area (TPSA) is 115 Å². The number of amides is 4. The number of nitrogens with zero attached hydrogens (tertiary/aromatic N) is 1. The molecule has 10 heteroatoms. The van der Waals surface area contributed by atoms with Gasteiger partial charge in [0.1, 0.15) is 6.04 Å². The molecule has 0 bridgehead atoms. The number of hydrogen-bond donors (Lipinski definition) is 2. The summed E-state index contributed by atoms with van der Waals surface area (Å²) in [6, 6.07) is 9.54. The van der Waals surface area contributed by atoms with E-state index in [0.717, 1.165) is 16.0 Å². The average Bonchev–Trinajstić information content (AvgIpc) is 3.51. The maximum atomic E-state index is 12.7. The third-order valence-corrected chi connectivity index (χ3v) is 5.47. The molecule has 4 amide bonds. The van der Waals surface area contributed by atoms with E-state index in [-0.39, 0.29) is 44.8 Å². The maximum Gasteiger partial charge on any atom is 0.325 e. The van der Waals surface area contributed by atoms with Gasteiger partial charge in [-0.25, -0.2) is 4.79 Å². The van der Waals surface area contributed by atoms with Crippen molar-refractivity contribution in [3.63, 3.8) is 0 Å². The molecule has 0 aromatic heterocycles. The number of hydrogen-bond acceptors (Lipinski definition) is 7. The van der Waals surface area contributed by atoms with E-state index >= 15 is 0 Å². The van der Waals surface area contributed by atoms with Gasteiger partial charge in [-0.2, -0.15) is 0 Å². The lowest BCUT2D eigenvalue weighted by Crippen LogP contribution is -2.32. The van der Waals surface area contributed by atoms with Gasteiger partial charge in [-0.15, -0.1) is 0 Å². The Bertz CT molecular complexity index is 1090. The second kappa shape index (κ2) is 8.29.